The number of hydrogen-bond donors (Lipinski definition) is 0. The molecule has 1 atom stereocenters. The molecular formula is C53H102O6. The van der Waals surface area contributed by atoms with E-state index in [0.717, 1.165) is 63.7 Å². The summed E-state index contributed by atoms with van der Waals surface area (Å²) in [5, 5.41) is 0. The van der Waals surface area contributed by atoms with Gasteiger partial charge in [-0.05, 0) is 25.2 Å². The first-order valence-corrected chi connectivity index (χ1v) is 26.4. The highest BCUT2D eigenvalue weighted by Gasteiger charge is 2.19. The molecule has 0 saturated carbocycles. The lowest BCUT2D eigenvalue weighted by atomic mass is 10.0. The molecule has 0 aliphatic carbocycles. The Morgan fingerprint density at radius 2 is 0.559 bits per heavy atom. The van der Waals surface area contributed by atoms with Crippen LogP contribution in [0.25, 0.3) is 0 Å². The summed E-state index contributed by atoms with van der Waals surface area (Å²) in [7, 11) is 0. The number of esters is 3. The number of ether oxygens (including phenoxy) is 3. The van der Waals surface area contributed by atoms with E-state index in [1.807, 2.05) is 0 Å². The van der Waals surface area contributed by atoms with E-state index >= 15 is 0 Å². The number of carbonyl (C=O) groups is 3. The molecule has 350 valence electrons. The third-order valence-electron chi connectivity index (χ3n) is 12.0. The Morgan fingerprint density at radius 3 is 0.831 bits per heavy atom. The highest BCUT2D eigenvalue weighted by molar-refractivity contribution is 5.71. The van der Waals surface area contributed by atoms with Crippen LogP contribution in [0.3, 0.4) is 0 Å². The molecule has 0 aromatic carbocycles. The van der Waals surface area contributed by atoms with E-state index in [2.05, 4.69) is 27.7 Å². The molecule has 6 nitrogen and oxygen atoms in total. The van der Waals surface area contributed by atoms with Crippen molar-refractivity contribution in [1.82, 2.24) is 0 Å². The van der Waals surface area contributed by atoms with Crippen molar-refractivity contribution in [2.75, 3.05) is 13.2 Å². The second-order valence-electron chi connectivity index (χ2n) is 18.6. The van der Waals surface area contributed by atoms with Gasteiger partial charge < -0.3 is 14.2 Å². The van der Waals surface area contributed by atoms with Crippen molar-refractivity contribution in [3.8, 4) is 0 Å². The van der Waals surface area contributed by atoms with Crippen LogP contribution >= 0.6 is 0 Å². The minimum absolute atomic E-state index is 0.0633. The van der Waals surface area contributed by atoms with Crippen molar-refractivity contribution in [2.24, 2.45) is 5.92 Å². The predicted molar refractivity (Wildman–Crippen MR) is 252 cm³/mol. The van der Waals surface area contributed by atoms with E-state index in [1.54, 1.807) is 0 Å². The highest BCUT2D eigenvalue weighted by Crippen LogP contribution is 2.17. The van der Waals surface area contributed by atoms with Gasteiger partial charge in [0.2, 0.25) is 0 Å². The van der Waals surface area contributed by atoms with Crippen LogP contribution in [0, 0.1) is 5.92 Å². The SMILES string of the molecule is CCCCCCCCCCCCCCCCCCCCC(=O)OC[C@H](COC(=O)CCCCCCCCCCCCCCCC(C)C)OC(=O)CCCCCCCCC. The van der Waals surface area contributed by atoms with Crippen LogP contribution in [0.2, 0.25) is 0 Å². The van der Waals surface area contributed by atoms with Gasteiger partial charge in [0.15, 0.2) is 6.10 Å². The Kier molecular flexibility index (Phi) is 46.2. The van der Waals surface area contributed by atoms with Gasteiger partial charge in [0.05, 0.1) is 0 Å². The fraction of sp³-hybridized carbons (Fsp3) is 0.943. The van der Waals surface area contributed by atoms with Crippen molar-refractivity contribution in [1.29, 1.82) is 0 Å². The normalized spacial score (nSPS) is 11.9. The third-order valence-corrected chi connectivity index (χ3v) is 12.0. The third kappa shape index (κ3) is 47.3. The second kappa shape index (κ2) is 47.5. The zero-order valence-corrected chi connectivity index (χ0v) is 40.2. The lowest BCUT2D eigenvalue weighted by Crippen LogP contribution is -2.30. The zero-order valence-electron chi connectivity index (χ0n) is 40.2. The van der Waals surface area contributed by atoms with Gasteiger partial charge in [-0.1, -0.05) is 259 Å². The Bertz CT molecular complexity index is 887. The minimum atomic E-state index is -0.759. The molecule has 0 aromatic rings. The summed E-state index contributed by atoms with van der Waals surface area (Å²) in [6, 6.07) is 0. The summed E-state index contributed by atoms with van der Waals surface area (Å²) in [6.45, 7) is 9.00. The first kappa shape index (κ1) is 57.4. The van der Waals surface area contributed by atoms with Gasteiger partial charge in [-0.25, -0.2) is 0 Å². The molecule has 0 N–H and O–H groups in total. The average molecular weight is 835 g/mol. The molecule has 6 heteroatoms. The van der Waals surface area contributed by atoms with E-state index in [0.29, 0.717) is 19.3 Å². The molecule has 0 heterocycles. The smallest absolute Gasteiger partial charge is 0.306 e. The summed E-state index contributed by atoms with van der Waals surface area (Å²) in [5.41, 5.74) is 0. The maximum absolute atomic E-state index is 12.7. The van der Waals surface area contributed by atoms with Crippen molar-refractivity contribution in [3.05, 3.63) is 0 Å². The van der Waals surface area contributed by atoms with Gasteiger partial charge >= 0.3 is 17.9 Å². The van der Waals surface area contributed by atoms with Gasteiger partial charge in [-0.2, -0.15) is 0 Å². The van der Waals surface area contributed by atoms with Crippen LogP contribution < -0.4 is 0 Å². The highest BCUT2D eigenvalue weighted by atomic mass is 16.6. The summed E-state index contributed by atoms with van der Waals surface area (Å²) in [4.78, 5) is 37.8. The van der Waals surface area contributed by atoms with Crippen molar-refractivity contribution in [3.63, 3.8) is 0 Å². The molecule has 0 radical (unpaired) electrons. The topological polar surface area (TPSA) is 78.9 Å². The molecule has 0 saturated heterocycles. The molecule has 0 aliphatic rings. The molecule has 0 amide bonds. The van der Waals surface area contributed by atoms with Gasteiger partial charge in [0.25, 0.3) is 0 Å². The van der Waals surface area contributed by atoms with Crippen LogP contribution in [0.5, 0.6) is 0 Å². The summed E-state index contributed by atoms with van der Waals surface area (Å²) in [5.74, 6) is -0.0108. The number of hydrogen-bond acceptors (Lipinski definition) is 6. The lowest BCUT2D eigenvalue weighted by molar-refractivity contribution is -0.167. The Hall–Kier alpha value is -1.59. The lowest BCUT2D eigenvalue weighted by Gasteiger charge is -2.18. The predicted octanol–water partition coefficient (Wildman–Crippen LogP) is 17.1. The van der Waals surface area contributed by atoms with Crippen LogP contribution in [-0.2, 0) is 28.6 Å². The second-order valence-corrected chi connectivity index (χ2v) is 18.6. The molecule has 0 aliphatic heterocycles. The van der Waals surface area contributed by atoms with E-state index in [-0.39, 0.29) is 31.1 Å². The number of rotatable bonds is 48. The summed E-state index contributed by atoms with van der Waals surface area (Å²) >= 11 is 0. The fourth-order valence-corrected chi connectivity index (χ4v) is 8.04. The molecule has 59 heavy (non-hydrogen) atoms. The van der Waals surface area contributed by atoms with Crippen LogP contribution in [0.1, 0.15) is 297 Å². The van der Waals surface area contributed by atoms with Crippen LogP contribution in [0.15, 0.2) is 0 Å². The molecule has 0 unspecified atom stereocenters. The van der Waals surface area contributed by atoms with Crippen LogP contribution in [-0.4, -0.2) is 37.2 Å². The minimum Gasteiger partial charge on any atom is -0.462 e. The summed E-state index contributed by atoms with van der Waals surface area (Å²) < 4.78 is 16.8. The monoisotopic (exact) mass is 835 g/mol. The Balaban J connectivity index is 4.14. The van der Waals surface area contributed by atoms with Gasteiger partial charge in [-0.15, -0.1) is 0 Å². The number of unbranched alkanes of at least 4 members (excludes halogenated alkanes) is 35. The van der Waals surface area contributed by atoms with Gasteiger partial charge in [0, 0.05) is 19.3 Å². The maximum atomic E-state index is 12.7. The van der Waals surface area contributed by atoms with E-state index < -0.39 is 6.10 Å². The molecule has 0 aromatic heterocycles. The molecular weight excluding hydrogens is 733 g/mol. The molecule has 0 rings (SSSR count). The first-order valence-electron chi connectivity index (χ1n) is 26.4. The molecule has 0 bridgehead atoms. The summed E-state index contributed by atoms with van der Waals surface area (Å²) in [6.07, 6.45) is 49.6. The Labute approximate surface area is 368 Å². The first-order chi connectivity index (χ1) is 28.9. The van der Waals surface area contributed by atoms with Crippen LogP contribution in [0.4, 0.5) is 0 Å². The standard InChI is InChI=1S/C53H102O6/c1-5-7-9-11-13-14-15-16-17-18-19-20-23-26-29-33-36-40-44-51(54)57-47-50(59-53(56)46-42-38-31-12-10-8-6-2)48-58-52(55)45-41-37-34-30-27-24-21-22-25-28-32-35-39-43-49(3)4/h49-50H,5-48H2,1-4H3/t50-/m1/s1. The molecule has 0 spiro atoms. The fourth-order valence-electron chi connectivity index (χ4n) is 8.04. The van der Waals surface area contributed by atoms with Crippen molar-refractivity contribution in [2.45, 2.75) is 303 Å². The van der Waals surface area contributed by atoms with Gasteiger partial charge in [-0.3, -0.25) is 14.4 Å². The molecule has 0 fully saturated rings. The zero-order chi connectivity index (χ0) is 43.1. The largest absolute Gasteiger partial charge is 0.462 e. The average Bonchev–Trinajstić information content (AvgIpc) is 3.22. The Morgan fingerprint density at radius 1 is 0.322 bits per heavy atom. The van der Waals surface area contributed by atoms with E-state index in [9.17, 15) is 14.4 Å². The van der Waals surface area contributed by atoms with Crippen molar-refractivity contribution >= 4 is 17.9 Å². The van der Waals surface area contributed by atoms with E-state index in [1.165, 1.54) is 193 Å². The number of carbonyl (C=O) groups excluding carboxylic acids is 3. The maximum Gasteiger partial charge on any atom is 0.306 e. The van der Waals surface area contributed by atoms with E-state index in [4.69, 9.17) is 14.2 Å². The van der Waals surface area contributed by atoms with Gasteiger partial charge in [0.1, 0.15) is 13.2 Å². The quantitative estimate of drug-likeness (QED) is 0.0345. The van der Waals surface area contributed by atoms with Crippen molar-refractivity contribution < 1.29 is 28.6 Å².